The van der Waals surface area contributed by atoms with Crippen LogP contribution in [0.1, 0.15) is 25.7 Å². The van der Waals surface area contributed by atoms with E-state index in [4.69, 9.17) is 11.6 Å². The molecular weight excluding hydrogens is 226 g/mol. The van der Waals surface area contributed by atoms with E-state index in [9.17, 15) is 4.79 Å². The summed E-state index contributed by atoms with van der Waals surface area (Å²) in [4.78, 5) is 18.2. The van der Waals surface area contributed by atoms with Crippen LogP contribution < -0.4 is 5.32 Å². The van der Waals surface area contributed by atoms with Gasteiger partial charge in [-0.15, -0.1) is 11.6 Å². The lowest BCUT2D eigenvalue weighted by Gasteiger charge is -2.47. The summed E-state index contributed by atoms with van der Waals surface area (Å²) in [6.07, 6.45) is 4.21. The second kappa shape index (κ2) is 4.62. The number of aliphatic imine (C=N–C) groups is 1. The number of alkyl halides is 1. The fourth-order valence-electron chi connectivity index (χ4n) is 2.47. The van der Waals surface area contributed by atoms with Gasteiger partial charge in [0.25, 0.3) is 0 Å². The van der Waals surface area contributed by atoms with E-state index in [1.54, 1.807) is 0 Å². The minimum Gasteiger partial charge on any atom is -0.361 e. The molecule has 2 rings (SSSR count). The number of amides is 1. The molecule has 0 aromatic carbocycles. The van der Waals surface area contributed by atoms with E-state index in [2.05, 4.69) is 15.2 Å². The summed E-state index contributed by atoms with van der Waals surface area (Å²) in [5.41, 5.74) is -0.221. The van der Waals surface area contributed by atoms with Gasteiger partial charge in [0.1, 0.15) is 11.7 Å². The Morgan fingerprint density at radius 2 is 2.31 bits per heavy atom. The highest BCUT2D eigenvalue weighted by Crippen LogP contribution is 2.35. The molecule has 0 spiro atoms. The van der Waals surface area contributed by atoms with Crippen LogP contribution in [0.2, 0.25) is 0 Å². The number of likely N-dealkylation sites (N-methyl/N-ethyl adjacent to an activating group) is 1. The summed E-state index contributed by atoms with van der Waals surface area (Å²) >= 11 is 5.55. The van der Waals surface area contributed by atoms with Gasteiger partial charge < -0.3 is 10.2 Å². The molecule has 90 valence electrons. The molecule has 0 atom stereocenters. The largest absolute Gasteiger partial charge is 0.361 e. The smallest absolute Gasteiger partial charge is 0.235 e. The molecule has 2 aliphatic rings. The summed E-state index contributed by atoms with van der Waals surface area (Å²) in [7, 11) is 2.05. The Morgan fingerprint density at radius 3 is 2.81 bits per heavy atom. The number of amidine groups is 1. The van der Waals surface area contributed by atoms with Crippen molar-refractivity contribution in [1.29, 1.82) is 0 Å². The average Bonchev–Trinajstić information content (AvgIpc) is 2.24. The summed E-state index contributed by atoms with van der Waals surface area (Å²) in [6.45, 7) is 1.90. The Kier molecular flexibility index (Phi) is 3.38. The fourth-order valence-corrected chi connectivity index (χ4v) is 2.54. The van der Waals surface area contributed by atoms with Crippen molar-refractivity contribution in [3.8, 4) is 0 Å². The molecule has 0 radical (unpaired) electrons. The van der Waals surface area contributed by atoms with Gasteiger partial charge in [-0.05, 0) is 25.7 Å². The molecule has 16 heavy (non-hydrogen) atoms. The third kappa shape index (κ3) is 2.03. The number of nitrogens with one attached hydrogen (secondary N) is 1. The summed E-state index contributed by atoms with van der Waals surface area (Å²) in [5, 5.41) is 3.04. The first-order valence-corrected chi connectivity index (χ1v) is 6.34. The maximum absolute atomic E-state index is 11.5. The van der Waals surface area contributed by atoms with Crippen LogP contribution in [0.15, 0.2) is 4.99 Å². The van der Waals surface area contributed by atoms with Crippen LogP contribution in [0.4, 0.5) is 0 Å². The van der Waals surface area contributed by atoms with Crippen LogP contribution in [-0.2, 0) is 4.79 Å². The van der Waals surface area contributed by atoms with Gasteiger partial charge in [-0.2, -0.15) is 0 Å². The Hall–Kier alpha value is -0.770. The molecule has 5 heteroatoms. The number of hydrogen-bond donors (Lipinski definition) is 1. The van der Waals surface area contributed by atoms with Gasteiger partial charge >= 0.3 is 0 Å². The number of nitrogens with zero attached hydrogens (tertiary/aromatic N) is 2. The van der Waals surface area contributed by atoms with Gasteiger partial charge in [0, 0.05) is 20.1 Å². The number of carbonyl (C=O) groups is 1. The zero-order chi connectivity index (χ0) is 11.6. The number of rotatable bonds is 3. The van der Waals surface area contributed by atoms with E-state index >= 15 is 0 Å². The Labute approximate surface area is 101 Å². The lowest BCUT2D eigenvalue weighted by molar-refractivity contribution is -0.120. The number of halogens is 1. The van der Waals surface area contributed by atoms with Crippen molar-refractivity contribution in [1.82, 2.24) is 10.2 Å². The third-order valence-corrected chi connectivity index (χ3v) is 3.65. The van der Waals surface area contributed by atoms with Crippen LogP contribution in [0.25, 0.3) is 0 Å². The normalized spacial score (nSPS) is 23.4. The highest BCUT2D eigenvalue weighted by Gasteiger charge is 2.45. The highest BCUT2D eigenvalue weighted by atomic mass is 35.5. The van der Waals surface area contributed by atoms with E-state index in [0.29, 0.717) is 0 Å². The predicted octanol–water partition coefficient (Wildman–Crippen LogP) is 0.998. The molecule has 1 amide bonds. The second-order valence-corrected chi connectivity index (χ2v) is 4.87. The van der Waals surface area contributed by atoms with Crippen molar-refractivity contribution in [2.24, 2.45) is 4.99 Å². The van der Waals surface area contributed by atoms with Crippen LogP contribution in [0.5, 0.6) is 0 Å². The third-order valence-electron chi connectivity index (χ3n) is 3.41. The SMILES string of the molecule is CN1CCCN=C1C1(NC(=O)CCl)CCC1. The standard InChI is InChI=1S/C11H18ClN3O/c1-15-7-3-6-13-10(15)11(4-2-5-11)14-9(16)8-12/h2-8H2,1H3,(H,14,16). The minimum absolute atomic E-state index is 0.0265. The maximum Gasteiger partial charge on any atom is 0.235 e. The molecule has 1 N–H and O–H groups in total. The lowest BCUT2D eigenvalue weighted by atomic mass is 9.74. The van der Waals surface area contributed by atoms with Crippen molar-refractivity contribution in [2.45, 2.75) is 31.2 Å². The lowest BCUT2D eigenvalue weighted by Crippen LogP contribution is -2.64. The van der Waals surface area contributed by atoms with E-state index in [1.807, 2.05) is 7.05 Å². The maximum atomic E-state index is 11.5. The molecule has 1 heterocycles. The molecule has 1 fully saturated rings. The minimum atomic E-state index is -0.221. The van der Waals surface area contributed by atoms with Crippen molar-refractivity contribution in [3.63, 3.8) is 0 Å². The monoisotopic (exact) mass is 243 g/mol. The van der Waals surface area contributed by atoms with Crippen molar-refractivity contribution in [3.05, 3.63) is 0 Å². The Balaban J connectivity index is 2.14. The van der Waals surface area contributed by atoms with Crippen LogP contribution >= 0.6 is 11.6 Å². The van der Waals surface area contributed by atoms with Crippen LogP contribution in [-0.4, -0.2) is 48.2 Å². The first kappa shape index (κ1) is 11.7. The number of carbonyl (C=O) groups excluding carboxylic acids is 1. The quantitative estimate of drug-likeness (QED) is 0.752. The topological polar surface area (TPSA) is 44.7 Å². The van der Waals surface area contributed by atoms with Gasteiger partial charge in [-0.3, -0.25) is 9.79 Å². The molecule has 0 aromatic rings. The molecule has 1 aliphatic heterocycles. The molecule has 4 nitrogen and oxygen atoms in total. The molecule has 0 unspecified atom stereocenters. The summed E-state index contributed by atoms with van der Waals surface area (Å²) < 4.78 is 0. The van der Waals surface area contributed by atoms with Crippen molar-refractivity contribution in [2.75, 3.05) is 26.0 Å². The summed E-state index contributed by atoms with van der Waals surface area (Å²) in [6, 6.07) is 0. The Morgan fingerprint density at radius 1 is 1.56 bits per heavy atom. The average molecular weight is 244 g/mol. The fraction of sp³-hybridized carbons (Fsp3) is 0.818. The highest BCUT2D eigenvalue weighted by molar-refractivity contribution is 6.27. The van der Waals surface area contributed by atoms with Gasteiger partial charge in [-0.25, -0.2) is 0 Å². The van der Waals surface area contributed by atoms with Crippen molar-refractivity contribution < 1.29 is 4.79 Å². The molecular formula is C11H18ClN3O. The van der Waals surface area contributed by atoms with E-state index in [-0.39, 0.29) is 17.3 Å². The zero-order valence-electron chi connectivity index (χ0n) is 9.63. The molecule has 0 saturated heterocycles. The zero-order valence-corrected chi connectivity index (χ0v) is 10.4. The molecule has 1 aliphatic carbocycles. The first-order valence-electron chi connectivity index (χ1n) is 5.81. The number of hydrogen-bond acceptors (Lipinski definition) is 3. The van der Waals surface area contributed by atoms with Crippen LogP contribution in [0.3, 0.4) is 0 Å². The predicted molar refractivity (Wildman–Crippen MR) is 65.0 cm³/mol. The molecule has 1 saturated carbocycles. The molecule has 0 bridgehead atoms. The van der Waals surface area contributed by atoms with Gasteiger partial charge in [-0.1, -0.05) is 0 Å². The first-order chi connectivity index (χ1) is 7.68. The van der Waals surface area contributed by atoms with Gasteiger partial charge in [0.2, 0.25) is 5.91 Å². The van der Waals surface area contributed by atoms with E-state index < -0.39 is 0 Å². The van der Waals surface area contributed by atoms with Crippen molar-refractivity contribution >= 4 is 23.3 Å². The second-order valence-electron chi connectivity index (χ2n) is 4.60. The van der Waals surface area contributed by atoms with Gasteiger partial charge in [0.05, 0.1) is 5.54 Å². The van der Waals surface area contributed by atoms with E-state index in [0.717, 1.165) is 44.6 Å². The summed E-state index contributed by atoms with van der Waals surface area (Å²) in [5.74, 6) is 0.977. The van der Waals surface area contributed by atoms with Crippen LogP contribution in [0, 0.1) is 0 Å². The Bertz CT molecular complexity index is 312. The van der Waals surface area contributed by atoms with Gasteiger partial charge in [0.15, 0.2) is 0 Å². The molecule has 0 aromatic heterocycles. The van der Waals surface area contributed by atoms with E-state index in [1.165, 1.54) is 0 Å².